The van der Waals surface area contributed by atoms with Gasteiger partial charge in [-0.25, -0.2) is 0 Å². The zero-order valence-electron chi connectivity index (χ0n) is 12.7. The van der Waals surface area contributed by atoms with E-state index in [0.29, 0.717) is 5.41 Å². The van der Waals surface area contributed by atoms with Crippen LogP contribution in [0.1, 0.15) is 77.0 Å². The van der Waals surface area contributed by atoms with Gasteiger partial charge < -0.3 is 5.11 Å². The second-order valence-corrected chi connectivity index (χ2v) is 7.45. The van der Waals surface area contributed by atoms with Crippen molar-refractivity contribution >= 4 is 5.97 Å². The van der Waals surface area contributed by atoms with Crippen LogP contribution in [0.4, 0.5) is 0 Å². The zero-order valence-corrected chi connectivity index (χ0v) is 12.7. The summed E-state index contributed by atoms with van der Waals surface area (Å²) in [5, 5.41) is 9.92. The van der Waals surface area contributed by atoms with Gasteiger partial charge in [0.1, 0.15) is 5.54 Å². The molecule has 3 fully saturated rings. The maximum absolute atomic E-state index is 12.0. The topological polar surface area (TPSA) is 40.5 Å². The number of hydrogen-bond acceptors (Lipinski definition) is 2. The van der Waals surface area contributed by atoms with E-state index in [9.17, 15) is 9.90 Å². The lowest BCUT2D eigenvalue weighted by Crippen LogP contribution is -2.57. The fraction of sp³-hybridized carbons (Fsp3) is 0.941. The second-order valence-electron chi connectivity index (χ2n) is 7.45. The molecule has 3 heteroatoms. The van der Waals surface area contributed by atoms with Gasteiger partial charge in [-0.3, -0.25) is 9.69 Å². The largest absolute Gasteiger partial charge is 0.480 e. The SMILES string of the molecule is O=C(O)C1(N2CCCCCC2)CCC2(CCCC2)CC1. The molecule has 0 unspecified atom stereocenters. The van der Waals surface area contributed by atoms with E-state index in [2.05, 4.69) is 4.90 Å². The summed E-state index contributed by atoms with van der Waals surface area (Å²) in [4.78, 5) is 14.4. The van der Waals surface area contributed by atoms with Gasteiger partial charge in [-0.15, -0.1) is 0 Å². The zero-order chi connectivity index (χ0) is 14.1. The first-order valence-electron chi connectivity index (χ1n) is 8.66. The first kappa shape index (κ1) is 14.4. The molecule has 3 nitrogen and oxygen atoms in total. The van der Waals surface area contributed by atoms with Crippen molar-refractivity contribution in [2.45, 2.75) is 82.6 Å². The second kappa shape index (κ2) is 5.67. The number of carboxylic acid groups (broad SMARTS) is 1. The molecule has 1 heterocycles. The highest BCUT2D eigenvalue weighted by molar-refractivity contribution is 5.79. The maximum atomic E-state index is 12.0. The third-order valence-corrected chi connectivity index (χ3v) is 6.41. The van der Waals surface area contributed by atoms with Crippen LogP contribution >= 0.6 is 0 Å². The maximum Gasteiger partial charge on any atom is 0.324 e. The fourth-order valence-electron chi connectivity index (χ4n) is 4.98. The molecular formula is C17H29NO2. The number of aliphatic carboxylic acids is 1. The first-order valence-corrected chi connectivity index (χ1v) is 8.66. The van der Waals surface area contributed by atoms with E-state index in [-0.39, 0.29) is 0 Å². The molecule has 1 spiro atoms. The summed E-state index contributed by atoms with van der Waals surface area (Å²) in [6.45, 7) is 2.00. The summed E-state index contributed by atoms with van der Waals surface area (Å²) < 4.78 is 0. The minimum absolute atomic E-state index is 0.519. The highest BCUT2D eigenvalue weighted by Crippen LogP contribution is 2.52. The Hall–Kier alpha value is -0.570. The van der Waals surface area contributed by atoms with Crippen molar-refractivity contribution in [3.8, 4) is 0 Å². The molecule has 114 valence electrons. The van der Waals surface area contributed by atoms with E-state index in [1.807, 2.05) is 0 Å². The van der Waals surface area contributed by atoms with Crippen molar-refractivity contribution in [2.75, 3.05) is 13.1 Å². The van der Waals surface area contributed by atoms with Gasteiger partial charge in [0.2, 0.25) is 0 Å². The van der Waals surface area contributed by atoms with E-state index in [0.717, 1.165) is 38.8 Å². The highest BCUT2D eigenvalue weighted by atomic mass is 16.4. The molecular weight excluding hydrogens is 250 g/mol. The molecule has 1 saturated heterocycles. The average molecular weight is 279 g/mol. The Kier molecular flexibility index (Phi) is 4.07. The quantitative estimate of drug-likeness (QED) is 0.835. The number of nitrogens with zero attached hydrogens (tertiary/aromatic N) is 1. The van der Waals surface area contributed by atoms with Crippen LogP contribution in [0, 0.1) is 5.41 Å². The smallest absolute Gasteiger partial charge is 0.324 e. The number of carbonyl (C=O) groups is 1. The summed E-state index contributed by atoms with van der Waals surface area (Å²) >= 11 is 0. The highest BCUT2D eigenvalue weighted by Gasteiger charge is 2.50. The van der Waals surface area contributed by atoms with Gasteiger partial charge in [-0.1, -0.05) is 25.7 Å². The van der Waals surface area contributed by atoms with Crippen LogP contribution < -0.4 is 0 Å². The van der Waals surface area contributed by atoms with Gasteiger partial charge in [0.15, 0.2) is 0 Å². The molecule has 3 rings (SSSR count). The van der Waals surface area contributed by atoms with Crippen molar-refractivity contribution in [2.24, 2.45) is 5.41 Å². The van der Waals surface area contributed by atoms with Crippen LogP contribution in [0.15, 0.2) is 0 Å². The predicted molar refractivity (Wildman–Crippen MR) is 79.8 cm³/mol. The van der Waals surface area contributed by atoms with Crippen molar-refractivity contribution in [3.63, 3.8) is 0 Å². The Morgan fingerprint density at radius 3 is 1.80 bits per heavy atom. The van der Waals surface area contributed by atoms with Crippen LogP contribution in [0.2, 0.25) is 0 Å². The third-order valence-electron chi connectivity index (χ3n) is 6.41. The standard InChI is InChI=1S/C17H29NO2/c19-15(20)17(18-13-5-1-2-6-14-18)11-9-16(10-12-17)7-3-4-8-16/h1-14H2,(H,19,20). The number of likely N-dealkylation sites (tertiary alicyclic amines) is 1. The minimum Gasteiger partial charge on any atom is -0.480 e. The molecule has 0 aromatic heterocycles. The Morgan fingerprint density at radius 1 is 0.750 bits per heavy atom. The molecule has 1 N–H and O–H groups in total. The third kappa shape index (κ3) is 2.49. The summed E-state index contributed by atoms with van der Waals surface area (Å²) in [6, 6.07) is 0. The van der Waals surface area contributed by atoms with Gasteiger partial charge >= 0.3 is 5.97 Å². The molecule has 2 saturated carbocycles. The van der Waals surface area contributed by atoms with Crippen LogP contribution in [-0.4, -0.2) is 34.6 Å². The Morgan fingerprint density at radius 2 is 1.30 bits per heavy atom. The number of carboxylic acids is 1. The van der Waals surface area contributed by atoms with Crippen molar-refractivity contribution in [1.82, 2.24) is 4.90 Å². The molecule has 0 amide bonds. The molecule has 20 heavy (non-hydrogen) atoms. The molecule has 0 aromatic rings. The van der Waals surface area contributed by atoms with E-state index < -0.39 is 11.5 Å². The monoisotopic (exact) mass is 279 g/mol. The van der Waals surface area contributed by atoms with Crippen LogP contribution in [0.5, 0.6) is 0 Å². The summed E-state index contributed by atoms with van der Waals surface area (Å²) in [5.41, 5.74) is -0.0109. The molecule has 3 aliphatic rings. The van der Waals surface area contributed by atoms with Crippen molar-refractivity contribution in [3.05, 3.63) is 0 Å². The first-order chi connectivity index (χ1) is 9.67. The lowest BCUT2D eigenvalue weighted by molar-refractivity contribution is -0.156. The van der Waals surface area contributed by atoms with E-state index in [1.165, 1.54) is 51.4 Å². The number of rotatable bonds is 2. The molecule has 2 aliphatic carbocycles. The summed E-state index contributed by atoms with van der Waals surface area (Å²) in [7, 11) is 0. The lowest BCUT2D eigenvalue weighted by Gasteiger charge is -2.48. The molecule has 0 atom stereocenters. The lowest BCUT2D eigenvalue weighted by atomic mass is 9.65. The number of hydrogen-bond donors (Lipinski definition) is 1. The van der Waals surface area contributed by atoms with Crippen molar-refractivity contribution < 1.29 is 9.90 Å². The van der Waals surface area contributed by atoms with E-state index >= 15 is 0 Å². The van der Waals surface area contributed by atoms with Crippen LogP contribution in [0.25, 0.3) is 0 Å². The molecule has 1 aliphatic heterocycles. The fourth-order valence-corrected chi connectivity index (χ4v) is 4.98. The van der Waals surface area contributed by atoms with Gasteiger partial charge in [-0.2, -0.15) is 0 Å². The predicted octanol–water partition coefficient (Wildman–Crippen LogP) is 3.82. The van der Waals surface area contributed by atoms with E-state index in [1.54, 1.807) is 0 Å². The van der Waals surface area contributed by atoms with Gasteiger partial charge in [-0.05, 0) is 69.9 Å². The van der Waals surface area contributed by atoms with Crippen LogP contribution in [-0.2, 0) is 4.79 Å². The van der Waals surface area contributed by atoms with Crippen LogP contribution in [0.3, 0.4) is 0 Å². The Bertz CT molecular complexity index is 342. The molecule has 0 radical (unpaired) electrons. The van der Waals surface area contributed by atoms with E-state index in [4.69, 9.17) is 0 Å². The minimum atomic E-state index is -0.549. The average Bonchev–Trinajstić information content (AvgIpc) is 2.74. The molecule has 0 bridgehead atoms. The van der Waals surface area contributed by atoms with Gasteiger partial charge in [0.05, 0.1) is 0 Å². The Balaban J connectivity index is 1.74. The van der Waals surface area contributed by atoms with Gasteiger partial charge in [0.25, 0.3) is 0 Å². The van der Waals surface area contributed by atoms with Crippen molar-refractivity contribution in [1.29, 1.82) is 0 Å². The summed E-state index contributed by atoms with van der Waals surface area (Å²) in [5.74, 6) is -0.549. The summed E-state index contributed by atoms with van der Waals surface area (Å²) in [6.07, 6.45) is 14.4. The van der Waals surface area contributed by atoms with Gasteiger partial charge in [0, 0.05) is 0 Å². The Labute approximate surface area is 122 Å². The molecule has 0 aromatic carbocycles. The normalized spacial score (nSPS) is 30.2.